The summed E-state index contributed by atoms with van der Waals surface area (Å²) < 4.78 is 5.59. The molecule has 25 heavy (non-hydrogen) atoms. The van der Waals surface area contributed by atoms with Gasteiger partial charge in [0.05, 0.1) is 12.3 Å². The van der Waals surface area contributed by atoms with Gasteiger partial charge < -0.3 is 14.2 Å². The Labute approximate surface area is 147 Å². The monoisotopic (exact) mass is 340 g/mol. The molecule has 6 heteroatoms. The van der Waals surface area contributed by atoms with Crippen LogP contribution >= 0.6 is 0 Å². The summed E-state index contributed by atoms with van der Waals surface area (Å²) in [6, 6.07) is 7.53. The van der Waals surface area contributed by atoms with Crippen LogP contribution < -0.4 is 4.90 Å². The zero-order chi connectivity index (χ0) is 17.2. The lowest BCUT2D eigenvalue weighted by Gasteiger charge is -2.37. The highest BCUT2D eigenvalue weighted by Gasteiger charge is 2.34. The van der Waals surface area contributed by atoms with Gasteiger partial charge in [-0.25, -0.2) is 0 Å². The van der Waals surface area contributed by atoms with Gasteiger partial charge in [0.2, 0.25) is 0 Å². The van der Waals surface area contributed by atoms with E-state index in [1.54, 1.807) is 12.3 Å². The number of aromatic nitrogens is 2. The molecule has 0 radical (unpaired) electrons. The van der Waals surface area contributed by atoms with Crippen molar-refractivity contribution in [3.8, 4) is 0 Å². The zero-order valence-electron chi connectivity index (χ0n) is 14.6. The number of hydrogen-bond donors (Lipinski definition) is 0. The Balaban J connectivity index is 1.54. The molecule has 2 fully saturated rings. The van der Waals surface area contributed by atoms with Gasteiger partial charge in [-0.2, -0.15) is 0 Å². The number of anilines is 1. The van der Waals surface area contributed by atoms with Gasteiger partial charge in [0, 0.05) is 19.6 Å². The first-order chi connectivity index (χ1) is 12.2. The Morgan fingerprint density at radius 3 is 2.68 bits per heavy atom. The van der Waals surface area contributed by atoms with Crippen LogP contribution in [0.2, 0.25) is 0 Å². The maximum absolute atomic E-state index is 13.0. The molecule has 0 aromatic carbocycles. The average molecular weight is 340 g/mol. The molecule has 0 N–H and O–H groups in total. The minimum Gasteiger partial charge on any atom is -0.467 e. The number of likely N-dealkylation sites (tertiary alicyclic amines) is 1. The van der Waals surface area contributed by atoms with Crippen LogP contribution in [0.25, 0.3) is 0 Å². The third-order valence-electron chi connectivity index (χ3n) is 5.30. The minimum absolute atomic E-state index is 0.0219. The SMILES string of the molecule is C[C@@H]1CCN(C(=O)c2ccc(N3CCCC3)nn2)[C@H](c2ccco2)C1. The van der Waals surface area contributed by atoms with Gasteiger partial charge in [-0.15, -0.1) is 10.2 Å². The van der Waals surface area contributed by atoms with Crippen LogP contribution in [0, 0.1) is 5.92 Å². The molecule has 0 saturated carbocycles. The van der Waals surface area contributed by atoms with Crippen molar-refractivity contribution in [2.45, 2.75) is 38.6 Å². The smallest absolute Gasteiger partial charge is 0.274 e. The third kappa shape index (κ3) is 3.25. The normalized spacial score (nSPS) is 23.9. The molecule has 4 heterocycles. The number of hydrogen-bond acceptors (Lipinski definition) is 5. The van der Waals surface area contributed by atoms with Crippen molar-refractivity contribution in [1.29, 1.82) is 0 Å². The summed E-state index contributed by atoms with van der Waals surface area (Å²) in [5.74, 6) is 2.22. The summed E-state index contributed by atoms with van der Waals surface area (Å²) in [5, 5.41) is 8.50. The van der Waals surface area contributed by atoms with Crippen LogP contribution in [0.15, 0.2) is 34.9 Å². The van der Waals surface area contributed by atoms with Crippen LogP contribution in [0.1, 0.15) is 54.9 Å². The predicted octanol–water partition coefficient (Wildman–Crippen LogP) is 3.28. The van der Waals surface area contributed by atoms with E-state index in [0.717, 1.165) is 44.1 Å². The van der Waals surface area contributed by atoms with Crippen molar-refractivity contribution >= 4 is 11.7 Å². The first-order valence-electron chi connectivity index (χ1n) is 9.15. The van der Waals surface area contributed by atoms with E-state index in [0.29, 0.717) is 11.6 Å². The molecule has 2 saturated heterocycles. The summed E-state index contributed by atoms with van der Waals surface area (Å²) in [7, 11) is 0. The van der Waals surface area contributed by atoms with E-state index in [9.17, 15) is 4.79 Å². The molecule has 2 aromatic rings. The first kappa shape index (κ1) is 16.1. The van der Waals surface area contributed by atoms with Gasteiger partial charge in [0.15, 0.2) is 11.5 Å². The van der Waals surface area contributed by atoms with Crippen LogP contribution in [0.4, 0.5) is 5.82 Å². The van der Waals surface area contributed by atoms with E-state index in [-0.39, 0.29) is 11.9 Å². The van der Waals surface area contributed by atoms with E-state index in [2.05, 4.69) is 22.0 Å². The fourth-order valence-electron chi connectivity index (χ4n) is 3.84. The van der Waals surface area contributed by atoms with Gasteiger partial charge >= 0.3 is 0 Å². The fraction of sp³-hybridized carbons (Fsp3) is 0.526. The Morgan fingerprint density at radius 2 is 2.00 bits per heavy atom. The lowest BCUT2D eigenvalue weighted by molar-refractivity contribution is 0.0514. The van der Waals surface area contributed by atoms with Crippen LogP contribution in [-0.2, 0) is 0 Å². The summed E-state index contributed by atoms with van der Waals surface area (Å²) in [5.41, 5.74) is 0.411. The molecule has 2 aliphatic heterocycles. The largest absolute Gasteiger partial charge is 0.467 e. The molecule has 1 amide bonds. The summed E-state index contributed by atoms with van der Waals surface area (Å²) in [4.78, 5) is 17.1. The van der Waals surface area contributed by atoms with Crippen LogP contribution in [0.3, 0.4) is 0 Å². The maximum Gasteiger partial charge on any atom is 0.274 e. The highest BCUT2D eigenvalue weighted by atomic mass is 16.3. The average Bonchev–Trinajstić information content (AvgIpc) is 3.35. The highest BCUT2D eigenvalue weighted by molar-refractivity contribution is 5.92. The summed E-state index contributed by atoms with van der Waals surface area (Å²) in [6.45, 7) is 4.99. The molecular weight excluding hydrogens is 316 g/mol. The van der Waals surface area contributed by atoms with Crippen molar-refractivity contribution in [2.24, 2.45) is 5.92 Å². The van der Waals surface area contributed by atoms with E-state index < -0.39 is 0 Å². The number of furan rings is 1. The molecule has 132 valence electrons. The molecule has 2 atom stereocenters. The Bertz CT molecular complexity index is 708. The standard InChI is InChI=1S/C19H24N4O2/c1-14-8-11-23(16(13-14)17-5-4-12-25-17)19(24)15-6-7-18(21-20-15)22-9-2-3-10-22/h4-7,12,14,16H,2-3,8-11,13H2,1H3/t14-,16+/m1/s1. The first-order valence-corrected chi connectivity index (χ1v) is 9.15. The summed E-state index contributed by atoms with van der Waals surface area (Å²) >= 11 is 0. The van der Waals surface area contributed by atoms with Gasteiger partial charge in [-0.3, -0.25) is 4.79 Å². The topological polar surface area (TPSA) is 62.5 Å². The Kier molecular flexibility index (Phi) is 4.42. The van der Waals surface area contributed by atoms with Gasteiger partial charge in [0.1, 0.15) is 5.76 Å². The Morgan fingerprint density at radius 1 is 1.16 bits per heavy atom. The second-order valence-electron chi connectivity index (χ2n) is 7.13. The fourth-order valence-corrected chi connectivity index (χ4v) is 3.84. The molecule has 0 spiro atoms. The molecule has 0 unspecified atom stereocenters. The Hall–Kier alpha value is -2.37. The highest BCUT2D eigenvalue weighted by Crippen LogP contribution is 2.35. The third-order valence-corrected chi connectivity index (χ3v) is 5.30. The lowest BCUT2D eigenvalue weighted by Crippen LogP contribution is -2.41. The van der Waals surface area contributed by atoms with Crippen molar-refractivity contribution in [1.82, 2.24) is 15.1 Å². The van der Waals surface area contributed by atoms with Crippen molar-refractivity contribution in [3.05, 3.63) is 42.0 Å². The number of amides is 1. The maximum atomic E-state index is 13.0. The number of rotatable bonds is 3. The molecule has 2 aliphatic rings. The van der Waals surface area contributed by atoms with Crippen molar-refractivity contribution in [3.63, 3.8) is 0 Å². The zero-order valence-corrected chi connectivity index (χ0v) is 14.6. The van der Waals surface area contributed by atoms with Crippen LogP contribution in [0.5, 0.6) is 0 Å². The molecular formula is C19H24N4O2. The molecule has 6 nitrogen and oxygen atoms in total. The lowest BCUT2D eigenvalue weighted by atomic mass is 9.91. The van der Waals surface area contributed by atoms with Crippen LogP contribution in [-0.4, -0.2) is 40.6 Å². The van der Waals surface area contributed by atoms with E-state index >= 15 is 0 Å². The summed E-state index contributed by atoms with van der Waals surface area (Å²) in [6.07, 6.45) is 5.97. The molecule has 0 aliphatic carbocycles. The number of carbonyl (C=O) groups is 1. The number of piperidine rings is 1. The molecule has 4 rings (SSSR count). The van der Waals surface area contributed by atoms with Crippen molar-refractivity contribution in [2.75, 3.05) is 24.5 Å². The van der Waals surface area contributed by atoms with Crippen molar-refractivity contribution < 1.29 is 9.21 Å². The number of carbonyl (C=O) groups excluding carboxylic acids is 1. The van der Waals surface area contributed by atoms with Gasteiger partial charge in [-0.05, 0) is 55.9 Å². The van der Waals surface area contributed by atoms with Gasteiger partial charge in [0.25, 0.3) is 5.91 Å². The molecule has 2 aromatic heterocycles. The van der Waals surface area contributed by atoms with E-state index in [1.807, 2.05) is 23.1 Å². The minimum atomic E-state index is -0.0613. The van der Waals surface area contributed by atoms with E-state index in [4.69, 9.17) is 4.42 Å². The quantitative estimate of drug-likeness (QED) is 0.858. The second kappa shape index (κ2) is 6.86. The van der Waals surface area contributed by atoms with Gasteiger partial charge in [-0.1, -0.05) is 6.92 Å². The predicted molar refractivity (Wildman–Crippen MR) is 94.4 cm³/mol. The van der Waals surface area contributed by atoms with E-state index in [1.165, 1.54) is 12.8 Å². The molecule has 0 bridgehead atoms. The second-order valence-corrected chi connectivity index (χ2v) is 7.13. The number of nitrogens with zero attached hydrogens (tertiary/aromatic N) is 4.